The summed E-state index contributed by atoms with van der Waals surface area (Å²) in [6, 6.07) is 27.5. The average molecular weight is 486 g/mol. The number of halogens is 1. The molecule has 6 heteroatoms. The second-order valence-corrected chi connectivity index (χ2v) is 8.79. The number of fused-ring (bicyclic) bond motifs is 2. The van der Waals surface area contributed by atoms with E-state index in [1.807, 2.05) is 78.2 Å². The van der Waals surface area contributed by atoms with Gasteiger partial charge in [-0.25, -0.2) is 4.79 Å². The fourth-order valence-corrected chi connectivity index (χ4v) is 4.73. The third-order valence-corrected chi connectivity index (χ3v) is 6.34. The van der Waals surface area contributed by atoms with Crippen LogP contribution in [0.2, 0.25) is 5.02 Å². The van der Waals surface area contributed by atoms with Crippen LogP contribution in [0.25, 0.3) is 32.8 Å². The Hall–Kier alpha value is -3.96. The van der Waals surface area contributed by atoms with Gasteiger partial charge in [0.15, 0.2) is 0 Å². The van der Waals surface area contributed by atoms with Crippen LogP contribution in [0.1, 0.15) is 12.0 Å². The highest BCUT2D eigenvalue weighted by atomic mass is 35.5. The van der Waals surface area contributed by atoms with E-state index >= 15 is 0 Å². The molecule has 1 heterocycles. The lowest BCUT2D eigenvalue weighted by Crippen LogP contribution is -2.11. The number of hydrogen-bond acceptors (Lipinski definition) is 3. The molecule has 0 saturated carbocycles. The quantitative estimate of drug-likeness (QED) is 0.188. The predicted molar refractivity (Wildman–Crippen MR) is 140 cm³/mol. The van der Waals surface area contributed by atoms with Gasteiger partial charge in [-0.1, -0.05) is 72.3 Å². The summed E-state index contributed by atoms with van der Waals surface area (Å²) < 4.78 is 13.4. The normalized spacial score (nSPS) is 11.1. The fraction of sp³-hybridized carbons (Fsp3) is 0.138. The molecule has 1 N–H and O–H groups in total. The maximum Gasteiger partial charge on any atom is 0.512 e. The largest absolute Gasteiger partial charge is 0.512 e. The number of benzene rings is 4. The molecule has 1 aromatic heterocycles. The van der Waals surface area contributed by atoms with E-state index < -0.39 is 6.16 Å². The average Bonchev–Trinajstić information content (AvgIpc) is 3.13. The molecule has 0 spiro atoms. The lowest BCUT2D eigenvalue weighted by molar-refractivity contribution is 0.141. The van der Waals surface area contributed by atoms with Crippen molar-refractivity contribution < 1.29 is 19.4 Å². The molecule has 5 nitrogen and oxygen atoms in total. The number of nitrogens with zero attached hydrogens (tertiary/aromatic N) is 1. The van der Waals surface area contributed by atoms with Crippen molar-refractivity contribution in [1.82, 2.24) is 4.57 Å². The molecule has 176 valence electrons. The Balaban J connectivity index is 1.49. The van der Waals surface area contributed by atoms with Gasteiger partial charge in [0, 0.05) is 22.3 Å². The van der Waals surface area contributed by atoms with Gasteiger partial charge >= 0.3 is 6.16 Å². The van der Waals surface area contributed by atoms with Crippen LogP contribution in [0, 0.1) is 6.92 Å². The Morgan fingerprint density at radius 2 is 1.71 bits per heavy atom. The van der Waals surface area contributed by atoms with Crippen molar-refractivity contribution in [2.75, 3.05) is 6.61 Å². The first-order valence-corrected chi connectivity index (χ1v) is 11.8. The van der Waals surface area contributed by atoms with Crippen LogP contribution >= 0.6 is 11.6 Å². The molecule has 5 aromatic rings. The standard InChI is InChI=1S/C29H24ClNO4/c1-19-8-2-4-11-22(19)27-24-18-21(30)14-15-25(24)31(28(27)35-29(32)33)16-7-17-34-26-13-6-10-20-9-3-5-12-23(20)26/h2-6,8-15,18H,7,16-17H2,1H3,(H,32,33). The highest BCUT2D eigenvalue weighted by Gasteiger charge is 2.23. The van der Waals surface area contributed by atoms with Crippen LogP contribution in [0.15, 0.2) is 84.9 Å². The molecule has 0 radical (unpaired) electrons. The van der Waals surface area contributed by atoms with Crippen molar-refractivity contribution in [1.29, 1.82) is 0 Å². The topological polar surface area (TPSA) is 60.7 Å². The lowest BCUT2D eigenvalue weighted by atomic mass is 10.00. The van der Waals surface area contributed by atoms with E-state index in [0.717, 1.165) is 44.1 Å². The van der Waals surface area contributed by atoms with Gasteiger partial charge < -0.3 is 19.1 Å². The molecule has 0 atom stereocenters. The van der Waals surface area contributed by atoms with Crippen LogP contribution in [-0.4, -0.2) is 22.4 Å². The van der Waals surface area contributed by atoms with E-state index in [1.54, 1.807) is 6.07 Å². The van der Waals surface area contributed by atoms with Gasteiger partial charge in [0.2, 0.25) is 5.88 Å². The van der Waals surface area contributed by atoms with Crippen molar-refractivity contribution >= 4 is 39.4 Å². The lowest BCUT2D eigenvalue weighted by Gasteiger charge is -2.13. The van der Waals surface area contributed by atoms with Gasteiger partial charge in [0.1, 0.15) is 5.75 Å². The third kappa shape index (κ3) is 4.55. The van der Waals surface area contributed by atoms with Crippen molar-refractivity contribution in [2.45, 2.75) is 19.9 Å². The molecule has 0 aliphatic rings. The monoisotopic (exact) mass is 485 g/mol. The van der Waals surface area contributed by atoms with E-state index in [0.29, 0.717) is 24.6 Å². The van der Waals surface area contributed by atoms with Crippen LogP contribution in [0.4, 0.5) is 4.79 Å². The van der Waals surface area contributed by atoms with Crippen molar-refractivity contribution in [3.05, 3.63) is 95.5 Å². The van der Waals surface area contributed by atoms with Gasteiger partial charge in [0.05, 0.1) is 17.7 Å². The first kappa shape index (κ1) is 22.8. The highest BCUT2D eigenvalue weighted by Crippen LogP contribution is 2.42. The Morgan fingerprint density at radius 3 is 2.54 bits per heavy atom. The molecule has 35 heavy (non-hydrogen) atoms. The molecule has 0 aliphatic heterocycles. The zero-order chi connectivity index (χ0) is 24.4. The minimum absolute atomic E-state index is 0.286. The van der Waals surface area contributed by atoms with E-state index in [4.69, 9.17) is 21.1 Å². The van der Waals surface area contributed by atoms with Gasteiger partial charge in [-0.3, -0.25) is 0 Å². The first-order chi connectivity index (χ1) is 17.0. The summed E-state index contributed by atoms with van der Waals surface area (Å²) in [6.45, 7) is 2.97. The van der Waals surface area contributed by atoms with Gasteiger partial charge in [0.25, 0.3) is 0 Å². The molecule has 5 rings (SSSR count). The smallest absolute Gasteiger partial charge is 0.493 e. The summed E-state index contributed by atoms with van der Waals surface area (Å²) in [5.74, 6) is 1.11. The van der Waals surface area contributed by atoms with Crippen LogP contribution in [0.5, 0.6) is 11.6 Å². The first-order valence-electron chi connectivity index (χ1n) is 11.4. The van der Waals surface area contributed by atoms with Crippen molar-refractivity contribution in [2.24, 2.45) is 0 Å². The van der Waals surface area contributed by atoms with E-state index in [1.165, 1.54) is 0 Å². The number of aromatic nitrogens is 1. The number of aryl methyl sites for hydroxylation is 2. The van der Waals surface area contributed by atoms with Crippen molar-refractivity contribution in [3.63, 3.8) is 0 Å². The van der Waals surface area contributed by atoms with E-state index in [2.05, 4.69) is 12.1 Å². The summed E-state index contributed by atoms with van der Waals surface area (Å²) in [6.07, 6.45) is -0.708. The molecule has 0 fully saturated rings. The summed E-state index contributed by atoms with van der Waals surface area (Å²) in [5.41, 5.74) is 3.50. The number of ether oxygens (including phenoxy) is 2. The van der Waals surface area contributed by atoms with Gasteiger partial charge in [-0.05, 0) is 54.1 Å². The molecule has 0 bridgehead atoms. The minimum Gasteiger partial charge on any atom is -0.493 e. The second-order valence-electron chi connectivity index (χ2n) is 8.36. The molecule has 4 aromatic carbocycles. The SMILES string of the molecule is Cc1ccccc1-c1c(OC(=O)O)n(CCCOc2cccc3ccccc23)c2ccc(Cl)cc12. The maximum absolute atomic E-state index is 11.7. The Morgan fingerprint density at radius 1 is 0.943 bits per heavy atom. The number of rotatable bonds is 7. The maximum atomic E-state index is 11.7. The molecule has 0 aliphatic carbocycles. The summed E-state index contributed by atoms with van der Waals surface area (Å²) >= 11 is 6.34. The Kier molecular flexibility index (Phi) is 6.34. The summed E-state index contributed by atoms with van der Waals surface area (Å²) in [7, 11) is 0. The molecule has 0 unspecified atom stereocenters. The fourth-order valence-electron chi connectivity index (χ4n) is 4.55. The van der Waals surface area contributed by atoms with Gasteiger partial charge in [-0.2, -0.15) is 0 Å². The van der Waals surface area contributed by atoms with Crippen LogP contribution in [0.3, 0.4) is 0 Å². The zero-order valence-corrected chi connectivity index (χ0v) is 20.0. The molecular formula is C29H24ClNO4. The third-order valence-electron chi connectivity index (χ3n) is 6.11. The predicted octanol–water partition coefficient (Wildman–Crippen LogP) is 7.95. The number of hydrogen-bond donors (Lipinski definition) is 1. The summed E-state index contributed by atoms with van der Waals surface area (Å²) in [5, 5.41) is 13.2. The summed E-state index contributed by atoms with van der Waals surface area (Å²) in [4.78, 5) is 11.7. The minimum atomic E-state index is -1.36. The number of carboxylic acid groups (broad SMARTS) is 1. The number of carbonyl (C=O) groups is 1. The molecule has 0 saturated heterocycles. The van der Waals surface area contributed by atoms with E-state index in [9.17, 15) is 9.90 Å². The van der Waals surface area contributed by atoms with Crippen LogP contribution in [-0.2, 0) is 6.54 Å². The van der Waals surface area contributed by atoms with Gasteiger partial charge in [-0.15, -0.1) is 0 Å². The molecular weight excluding hydrogens is 462 g/mol. The van der Waals surface area contributed by atoms with Crippen molar-refractivity contribution in [3.8, 4) is 22.8 Å². The van der Waals surface area contributed by atoms with Crippen LogP contribution < -0.4 is 9.47 Å². The molecule has 0 amide bonds. The Labute approximate surface area is 208 Å². The zero-order valence-electron chi connectivity index (χ0n) is 19.2. The van der Waals surface area contributed by atoms with E-state index in [-0.39, 0.29) is 5.88 Å². The second kappa shape index (κ2) is 9.72. The highest BCUT2D eigenvalue weighted by molar-refractivity contribution is 6.31. The Bertz CT molecular complexity index is 1530.